The largest absolute Gasteiger partial charge is 0.383 e. The van der Waals surface area contributed by atoms with E-state index in [2.05, 4.69) is 18.3 Å². The van der Waals surface area contributed by atoms with E-state index >= 15 is 0 Å². The van der Waals surface area contributed by atoms with Crippen molar-refractivity contribution in [2.45, 2.75) is 24.8 Å². The van der Waals surface area contributed by atoms with Crippen molar-refractivity contribution < 1.29 is 17.9 Å². The summed E-state index contributed by atoms with van der Waals surface area (Å²) in [7, 11) is 1.47. The number of nitrogens with one attached hydrogen (secondary N) is 1. The van der Waals surface area contributed by atoms with Crippen LogP contribution in [0.5, 0.6) is 0 Å². The Morgan fingerprint density at radius 3 is 2.55 bits per heavy atom. The summed E-state index contributed by atoms with van der Waals surface area (Å²) in [6.45, 7) is 6.52. The van der Waals surface area contributed by atoms with Gasteiger partial charge in [-0.15, -0.1) is 0 Å². The number of nitriles is 1. The summed E-state index contributed by atoms with van der Waals surface area (Å²) in [6, 6.07) is 5.62. The fourth-order valence-corrected chi connectivity index (χ4v) is 5.07. The van der Waals surface area contributed by atoms with Crippen molar-refractivity contribution in [2.24, 2.45) is 5.92 Å². The van der Waals surface area contributed by atoms with Gasteiger partial charge in [0.2, 0.25) is 10.0 Å². The zero-order valence-electron chi connectivity index (χ0n) is 17.9. The Morgan fingerprint density at radius 1 is 1.28 bits per heavy atom. The van der Waals surface area contributed by atoms with Crippen molar-refractivity contribution in [1.29, 1.82) is 5.26 Å². The fourth-order valence-electron chi connectivity index (χ4n) is 3.33. The van der Waals surface area contributed by atoms with E-state index in [4.69, 9.17) is 9.47 Å². The highest BCUT2D eigenvalue weighted by Gasteiger charge is 2.30. The molecule has 2 rings (SSSR count). The third-order valence-electron chi connectivity index (χ3n) is 5.05. The highest BCUT2D eigenvalue weighted by molar-refractivity contribution is 7.89. The van der Waals surface area contributed by atoms with Crippen LogP contribution in [-0.2, 0) is 19.5 Å². The van der Waals surface area contributed by atoms with Crippen LogP contribution in [0.2, 0.25) is 0 Å². The lowest BCUT2D eigenvalue weighted by molar-refractivity contribution is 0.176. The Hall–Kier alpha value is -1.70. The molecule has 1 heterocycles. The highest BCUT2D eigenvalue weighted by atomic mass is 32.2. The summed E-state index contributed by atoms with van der Waals surface area (Å²) in [5, 5.41) is 13.1. The first-order valence-electron chi connectivity index (χ1n) is 9.73. The molecule has 0 saturated carbocycles. The number of aryl methyl sites for hydroxylation is 1. The van der Waals surface area contributed by atoms with Crippen molar-refractivity contribution >= 4 is 15.7 Å². The van der Waals surface area contributed by atoms with Crippen LogP contribution in [0.3, 0.4) is 0 Å². The molecule has 0 bridgehead atoms. The summed E-state index contributed by atoms with van der Waals surface area (Å²) in [6.07, 6.45) is 0. The van der Waals surface area contributed by atoms with Gasteiger partial charge in [0.05, 0.1) is 31.4 Å². The molecular weight excluding hydrogens is 392 g/mol. The zero-order chi connectivity index (χ0) is 21.6. The Kier molecular flexibility index (Phi) is 8.43. The number of benzene rings is 1. The lowest BCUT2D eigenvalue weighted by atomic mass is 10.1. The van der Waals surface area contributed by atoms with E-state index in [1.54, 1.807) is 19.1 Å². The molecule has 0 spiro atoms. The third kappa shape index (κ3) is 5.90. The molecule has 0 aromatic heterocycles. The Morgan fingerprint density at radius 2 is 2.00 bits per heavy atom. The van der Waals surface area contributed by atoms with E-state index < -0.39 is 10.0 Å². The standard InChI is InChI=1S/C20H32N4O4S/c1-15-10-18(22-19-14-28-13-16(19)2)11-17(12-21)20(15)29(25,26)24(8-9-27-5)7-6-23(3)4/h10-11,16,19,22H,6-9,13-14H2,1-5H3. The first-order chi connectivity index (χ1) is 13.7. The first-order valence-corrected chi connectivity index (χ1v) is 11.2. The van der Waals surface area contributed by atoms with E-state index in [0.717, 1.165) is 5.69 Å². The number of anilines is 1. The number of hydrogen-bond acceptors (Lipinski definition) is 7. The quantitative estimate of drug-likeness (QED) is 0.608. The summed E-state index contributed by atoms with van der Waals surface area (Å²) >= 11 is 0. The van der Waals surface area contributed by atoms with Gasteiger partial charge in [-0.3, -0.25) is 0 Å². The molecule has 0 aliphatic carbocycles. The number of methoxy groups -OCH3 is 1. The summed E-state index contributed by atoms with van der Waals surface area (Å²) in [5.74, 6) is 0.347. The van der Waals surface area contributed by atoms with Crippen LogP contribution >= 0.6 is 0 Å². The van der Waals surface area contributed by atoms with Gasteiger partial charge >= 0.3 is 0 Å². The van der Waals surface area contributed by atoms with Gasteiger partial charge in [0, 0.05) is 38.3 Å². The topological polar surface area (TPSA) is 94.9 Å². The van der Waals surface area contributed by atoms with Crippen molar-refractivity contribution in [3.05, 3.63) is 23.3 Å². The van der Waals surface area contributed by atoms with Gasteiger partial charge in [0.25, 0.3) is 0 Å². The van der Waals surface area contributed by atoms with E-state index in [0.29, 0.717) is 37.8 Å². The zero-order valence-corrected chi connectivity index (χ0v) is 18.8. The van der Waals surface area contributed by atoms with Crippen molar-refractivity contribution in [3.63, 3.8) is 0 Å². The molecule has 8 nitrogen and oxygen atoms in total. The van der Waals surface area contributed by atoms with Crippen LogP contribution < -0.4 is 5.32 Å². The molecular formula is C20H32N4O4S. The summed E-state index contributed by atoms with van der Waals surface area (Å²) in [5.41, 5.74) is 1.42. The minimum absolute atomic E-state index is 0.0659. The average molecular weight is 425 g/mol. The van der Waals surface area contributed by atoms with Crippen molar-refractivity contribution in [3.8, 4) is 6.07 Å². The second-order valence-electron chi connectivity index (χ2n) is 7.75. The van der Waals surface area contributed by atoms with Gasteiger partial charge in [0.1, 0.15) is 11.0 Å². The van der Waals surface area contributed by atoms with Crippen molar-refractivity contribution in [1.82, 2.24) is 9.21 Å². The molecule has 1 fully saturated rings. The second-order valence-corrected chi connectivity index (χ2v) is 9.62. The maximum atomic E-state index is 13.4. The molecule has 0 radical (unpaired) electrons. The first kappa shape index (κ1) is 23.6. The SMILES string of the molecule is COCCN(CCN(C)C)S(=O)(=O)c1c(C)cc(NC2COCC2C)cc1C#N. The van der Waals surface area contributed by atoms with Gasteiger partial charge in [0.15, 0.2) is 0 Å². The van der Waals surface area contributed by atoms with Gasteiger partial charge < -0.3 is 19.7 Å². The molecule has 29 heavy (non-hydrogen) atoms. The van der Waals surface area contributed by atoms with Crippen molar-refractivity contribution in [2.75, 3.05) is 66.0 Å². The Balaban J connectivity index is 2.37. The average Bonchev–Trinajstić information content (AvgIpc) is 3.05. The van der Waals surface area contributed by atoms with E-state index in [9.17, 15) is 13.7 Å². The lowest BCUT2D eigenvalue weighted by Crippen LogP contribution is -2.39. The summed E-state index contributed by atoms with van der Waals surface area (Å²) in [4.78, 5) is 1.99. The van der Waals surface area contributed by atoms with Crippen LogP contribution in [-0.4, -0.2) is 84.3 Å². The molecule has 1 saturated heterocycles. The van der Waals surface area contributed by atoms with Crippen LogP contribution in [0.1, 0.15) is 18.1 Å². The number of rotatable bonds is 10. The molecule has 9 heteroatoms. The molecule has 162 valence electrons. The summed E-state index contributed by atoms with van der Waals surface area (Å²) < 4.78 is 38.8. The molecule has 2 unspecified atom stereocenters. The van der Waals surface area contributed by atoms with Crippen LogP contribution in [0.15, 0.2) is 17.0 Å². The van der Waals surface area contributed by atoms with Crippen LogP contribution in [0.4, 0.5) is 5.69 Å². The smallest absolute Gasteiger partial charge is 0.244 e. The predicted octanol–water partition coefficient (Wildman–Crippen LogP) is 1.51. The molecule has 1 aromatic rings. The maximum absolute atomic E-state index is 13.4. The fraction of sp³-hybridized carbons (Fsp3) is 0.650. The van der Waals surface area contributed by atoms with E-state index in [-0.39, 0.29) is 29.7 Å². The molecule has 1 aliphatic heterocycles. The van der Waals surface area contributed by atoms with E-state index in [1.807, 2.05) is 19.0 Å². The predicted molar refractivity (Wildman–Crippen MR) is 112 cm³/mol. The highest BCUT2D eigenvalue weighted by Crippen LogP contribution is 2.29. The monoisotopic (exact) mass is 424 g/mol. The molecule has 2 atom stereocenters. The molecule has 1 N–H and O–H groups in total. The van der Waals surface area contributed by atoms with Gasteiger partial charge in [-0.2, -0.15) is 9.57 Å². The number of likely N-dealkylation sites (N-methyl/N-ethyl adjacent to an activating group) is 1. The van der Waals surface area contributed by atoms with Gasteiger partial charge in [-0.05, 0) is 38.7 Å². The Labute approximate surface area is 174 Å². The van der Waals surface area contributed by atoms with Crippen LogP contribution in [0.25, 0.3) is 0 Å². The lowest BCUT2D eigenvalue weighted by Gasteiger charge is -2.25. The minimum atomic E-state index is -3.85. The minimum Gasteiger partial charge on any atom is -0.383 e. The number of sulfonamides is 1. The number of ether oxygens (including phenoxy) is 2. The Bertz CT molecular complexity index is 836. The maximum Gasteiger partial charge on any atom is 0.244 e. The van der Waals surface area contributed by atoms with E-state index in [1.165, 1.54) is 11.4 Å². The number of nitrogens with zero attached hydrogens (tertiary/aromatic N) is 3. The molecule has 0 amide bonds. The molecule has 1 aromatic carbocycles. The normalized spacial score (nSPS) is 19.7. The second kappa shape index (κ2) is 10.4. The van der Waals surface area contributed by atoms with Crippen LogP contribution in [0, 0.1) is 24.2 Å². The van der Waals surface area contributed by atoms with Gasteiger partial charge in [-0.25, -0.2) is 8.42 Å². The molecule has 1 aliphatic rings. The third-order valence-corrected chi connectivity index (χ3v) is 7.15. The van der Waals surface area contributed by atoms with Gasteiger partial charge in [-0.1, -0.05) is 6.92 Å². The number of hydrogen-bond donors (Lipinski definition) is 1.